The number of aliphatic hydroxyl groups excluding tert-OH is 1. The van der Waals surface area contributed by atoms with E-state index in [0.717, 1.165) is 19.3 Å². The van der Waals surface area contributed by atoms with Gasteiger partial charge >= 0.3 is 0 Å². The lowest BCUT2D eigenvalue weighted by molar-refractivity contribution is 0.0370. The van der Waals surface area contributed by atoms with E-state index in [4.69, 9.17) is 9.84 Å². The van der Waals surface area contributed by atoms with Crippen LogP contribution >= 0.6 is 0 Å². The second kappa shape index (κ2) is 6.62. The van der Waals surface area contributed by atoms with E-state index in [1.807, 2.05) is 0 Å². The number of hydrogen-bond acceptors (Lipinski definition) is 2. The molecule has 2 unspecified atom stereocenters. The van der Waals surface area contributed by atoms with E-state index in [2.05, 4.69) is 13.8 Å². The van der Waals surface area contributed by atoms with Gasteiger partial charge in [0.05, 0.1) is 12.2 Å². The predicted molar refractivity (Wildman–Crippen MR) is 46.6 cm³/mol. The average Bonchev–Trinajstić information content (AvgIpc) is 1.87. The first kappa shape index (κ1) is 10.9. The van der Waals surface area contributed by atoms with Gasteiger partial charge < -0.3 is 9.84 Å². The van der Waals surface area contributed by atoms with E-state index in [-0.39, 0.29) is 6.10 Å². The molecule has 0 saturated carbocycles. The van der Waals surface area contributed by atoms with E-state index in [1.165, 1.54) is 0 Å². The van der Waals surface area contributed by atoms with Crippen LogP contribution in [0.3, 0.4) is 0 Å². The lowest BCUT2D eigenvalue weighted by Crippen LogP contribution is -2.12. The van der Waals surface area contributed by atoms with Crippen molar-refractivity contribution in [3.63, 3.8) is 0 Å². The standard InChI is InChI=1S/C9H20O2/c1-4-5-9(3)11-7-6-8(2)10/h8-10H,4-7H2,1-3H3. The van der Waals surface area contributed by atoms with Crippen molar-refractivity contribution in [2.75, 3.05) is 6.61 Å². The fraction of sp³-hybridized carbons (Fsp3) is 1.00. The molecule has 0 aromatic rings. The van der Waals surface area contributed by atoms with Gasteiger partial charge in [0.2, 0.25) is 0 Å². The van der Waals surface area contributed by atoms with Gasteiger partial charge in [-0.3, -0.25) is 0 Å². The zero-order valence-corrected chi connectivity index (χ0v) is 7.84. The van der Waals surface area contributed by atoms with Crippen molar-refractivity contribution in [2.24, 2.45) is 0 Å². The summed E-state index contributed by atoms with van der Waals surface area (Å²) in [6.45, 7) is 6.69. The number of rotatable bonds is 6. The van der Waals surface area contributed by atoms with Gasteiger partial charge in [0.1, 0.15) is 0 Å². The van der Waals surface area contributed by atoms with Crippen LogP contribution in [0, 0.1) is 0 Å². The van der Waals surface area contributed by atoms with Gasteiger partial charge in [-0.15, -0.1) is 0 Å². The largest absolute Gasteiger partial charge is 0.393 e. The maximum atomic E-state index is 8.92. The van der Waals surface area contributed by atoms with Crippen molar-refractivity contribution >= 4 is 0 Å². The third kappa shape index (κ3) is 7.82. The molecule has 0 aromatic carbocycles. The Morgan fingerprint density at radius 1 is 1.27 bits per heavy atom. The summed E-state index contributed by atoms with van der Waals surface area (Å²) in [5.74, 6) is 0. The Kier molecular flexibility index (Phi) is 6.57. The van der Waals surface area contributed by atoms with Crippen molar-refractivity contribution < 1.29 is 9.84 Å². The van der Waals surface area contributed by atoms with Crippen molar-refractivity contribution in [3.05, 3.63) is 0 Å². The van der Waals surface area contributed by atoms with E-state index in [0.29, 0.717) is 12.7 Å². The Bertz CT molecular complexity index is 81.6. The van der Waals surface area contributed by atoms with E-state index >= 15 is 0 Å². The topological polar surface area (TPSA) is 29.5 Å². The molecule has 0 aromatic heterocycles. The van der Waals surface area contributed by atoms with Crippen LogP contribution in [-0.2, 0) is 4.74 Å². The highest BCUT2D eigenvalue weighted by Crippen LogP contribution is 2.01. The van der Waals surface area contributed by atoms with Crippen LogP contribution < -0.4 is 0 Å². The minimum Gasteiger partial charge on any atom is -0.393 e. The SMILES string of the molecule is CCCC(C)OCCC(C)O. The second-order valence-electron chi connectivity index (χ2n) is 3.11. The Hall–Kier alpha value is -0.0800. The molecule has 0 radical (unpaired) electrons. The summed E-state index contributed by atoms with van der Waals surface area (Å²) in [6.07, 6.45) is 3.13. The normalized spacial score (nSPS) is 16.4. The van der Waals surface area contributed by atoms with E-state index in [1.54, 1.807) is 6.92 Å². The molecule has 0 aliphatic heterocycles. The van der Waals surface area contributed by atoms with Gasteiger partial charge in [0.15, 0.2) is 0 Å². The zero-order valence-electron chi connectivity index (χ0n) is 7.84. The van der Waals surface area contributed by atoms with Gasteiger partial charge in [-0.05, 0) is 26.7 Å². The van der Waals surface area contributed by atoms with Crippen molar-refractivity contribution in [3.8, 4) is 0 Å². The predicted octanol–water partition coefficient (Wildman–Crippen LogP) is 1.96. The third-order valence-corrected chi connectivity index (χ3v) is 1.63. The second-order valence-corrected chi connectivity index (χ2v) is 3.11. The van der Waals surface area contributed by atoms with Crippen molar-refractivity contribution in [1.82, 2.24) is 0 Å². The molecule has 2 nitrogen and oxygen atoms in total. The van der Waals surface area contributed by atoms with Gasteiger partial charge in [0.25, 0.3) is 0 Å². The van der Waals surface area contributed by atoms with Gasteiger partial charge in [0, 0.05) is 6.61 Å². The molecule has 2 atom stereocenters. The molecular weight excluding hydrogens is 140 g/mol. The van der Waals surface area contributed by atoms with Crippen LogP contribution in [0.25, 0.3) is 0 Å². The molecule has 11 heavy (non-hydrogen) atoms. The first-order valence-electron chi connectivity index (χ1n) is 4.46. The molecule has 0 saturated heterocycles. The van der Waals surface area contributed by atoms with Crippen LogP contribution in [0.2, 0.25) is 0 Å². The highest BCUT2D eigenvalue weighted by atomic mass is 16.5. The molecule has 0 spiro atoms. The lowest BCUT2D eigenvalue weighted by atomic mass is 10.2. The monoisotopic (exact) mass is 160 g/mol. The van der Waals surface area contributed by atoms with Gasteiger partial charge in [-0.2, -0.15) is 0 Å². The molecule has 0 fully saturated rings. The van der Waals surface area contributed by atoms with Crippen molar-refractivity contribution in [1.29, 1.82) is 0 Å². The molecule has 0 heterocycles. The molecule has 0 amide bonds. The summed E-state index contributed by atoms with van der Waals surface area (Å²) in [5, 5.41) is 8.92. The van der Waals surface area contributed by atoms with Crippen molar-refractivity contribution in [2.45, 2.75) is 52.2 Å². The summed E-state index contributed by atoms with van der Waals surface area (Å²) < 4.78 is 5.43. The van der Waals surface area contributed by atoms with Gasteiger partial charge in [-0.25, -0.2) is 0 Å². The molecule has 2 heteroatoms. The Balaban J connectivity index is 3.10. The summed E-state index contributed by atoms with van der Waals surface area (Å²) >= 11 is 0. The lowest BCUT2D eigenvalue weighted by Gasteiger charge is -2.12. The first-order valence-corrected chi connectivity index (χ1v) is 4.46. The molecule has 1 N–H and O–H groups in total. The Morgan fingerprint density at radius 3 is 2.36 bits per heavy atom. The fourth-order valence-corrected chi connectivity index (χ4v) is 0.930. The zero-order chi connectivity index (χ0) is 8.69. The van der Waals surface area contributed by atoms with Gasteiger partial charge in [-0.1, -0.05) is 13.3 Å². The summed E-state index contributed by atoms with van der Waals surface area (Å²) in [6, 6.07) is 0. The molecule has 0 bridgehead atoms. The molecule has 68 valence electrons. The summed E-state index contributed by atoms with van der Waals surface area (Å²) in [4.78, 5) is 0. The highest BCUT2D eigenvalue weighted by molar-refractivity contribution is 4.50. The molecule has 0 aliphatic carbocycles. The molecular formula is C9H20O2. The Labute approximate surface area is 69.6 Å². The van der Waals surface area contributed by atoms with E-state index in [9.17, 15) is 0 Å². The van der Waals surface area contributed by atoms with E-state index < -0.39 is 0 Å². The van der Waals surface area contributed by atoms with Crippen LogP contribution in [0.5, 0.6) is 0 Å². The smallest absolute Gasteiger partial charge is 0.0546 e. The molecule has 0 aliphatic rings. The quantitative estimate of drug-likeness (QED) is 0.643. The minimum atomic E-state index is -0.233. The van der Waals surface area contributed by atoms with Crippen LogP contribution in [0.1, 0.15) is 40.0 Å². The maximum Gasteiger partial charge on any atom is 0.0546 e. The highest BCUT2D eigenvalue weighted by Gasteiger charge is 2.01. The van der Waals surface area contributed by atoms with Crippen LogP contribution in [-0.4, -0.2) is 23.9 Å². The van der Waals surface area contributed by atoms with Crippen LogP contribution in [0.15, 0.2) is 0 Å². The number of hydrogen-bond donors (Lipinski definition) is 1. The minimum absolute atomic E-state index is 0.233. The Morgan fingerprint density at radius 2 is 1.91 bits per heavy atom. The number of aliphatic hydroxyl groups is 1. The summed E-state index contributed by atoms with van der Waals surface area (Å²) in [5.41, 5.74) is 0. The summed E-state index contributed by atoms with van der Waals surface area (Å²) in [7, 11) is 0. The average molecular weight is 160 g/mol. The number of ether oxygens (including phenoxy) is 1. The first-order chi connectivity index (χ1) is 5.16. The molecule has 0 rings (SSSR count). The fourth-order valence-electron chi connectivity index (χ4n) is 0.930. The maximum absolute atomic E-state index is 8.92. The van der Waals surface area contributed by atoms with Crippen LogP contribution in [0.4, 0.5) is 0 Å². The third-order valence-electron chi connectivity index (χ3n) is 1.63.